The van der Waals surface area contributed by atoms with Gasteiger partial charge in [0.05, 0.1) is 20.7 Å². The van der Waals surface area contributed by atoms with E-state index in [0.717, 1.165) is 4.90 Å². The van der Waals surface area contributed by atoms with Crippen molar-refractivity contribution in [2.45, 2.75) is 39.7 Å². The van der Waals surface area contributed by atoms with Crippen LogP contribution in [0.15, 0.2) is 57.2 Å². The van der Waals surface area contributed by atoms with Gasteiger partial charge >= 0.3 is 0 Å². The summed E-state index contributed by atoms with van der Waals surface area (Å²) in [5.41, 5.74) is 0.756. The molecule has 9 nitrogen and oxygen atoms in total. The molecule has 31 heavy (non-hydrogen) atoms. The van der Waals surface area contributed by atoms with E-state index in [9.17, 15) is 26.4 Å². The second kappa shape index (κ2) is 8.99. The van der Waals surface area contributed by atoms with Crippen LogP contribution in [0.5, 0.6) is 0 Å². The van der Waals surface area contributed by atoms with Gasteiger partial charge in [-0.1, -0.05) is 0 Å². The highest BCUT2D eigenvalue weighted by Gasteiger charge is 2.27. The van der Waals surface area contributed by atoms with E-state index in [2.05, 4.69) is 10.6 Å². The lowest BCUT2D eigenvalue weighted by atomic mass is 10.3. The van der Waals surface area contributed by atoms with Gasteiger partial charge in [-0.15, -0.1) is 11.8 Å². The zero-order valence-electron chi connectivity index (χ0n) is 16.5. The molecule has 1 atom stereocenters. The average molecular weight is 484 g/mol. The van der Waals surface area contributed by atoms with Gasteiger partial charge in [-0.05, 0) is 49.4 Å². The van der Waals surface area contributed by atoms with Gasteiger partial charge < -0.3 is 10.6 Å². The molecule has 0 radical (unpaired) electrons. The van der Waals surface area contributed by atoms with Crippen LogP contribution in [-0.4, -0.2) is 39.7 Å². The highest BCUT2D eigenvalue weighted by atomic mass is 32.2. The molecule has 0 aromatic heterocycles. The van der Waals surface area contributed by atoms with Crippen LogP contribution in [0.2, 0.25) is 0 Å². The Balaban J connectivity index is 1.71. The van der Waals surface area contributed by atoms with Gasteiger partial charge in [0.25, 0.3) is 0 Å². The summed E-state index contributed by atoms with van der Waals surface area (Å²) in [5, 5.41) is 9.25. The number of hydrogen-bond acceptors (Lipinski definition) is 7. The van der Waals surface area contributed by atoms with E-state index in [4.69, 9.17) is 5.14 Å². The van der Waals surface area contributed by atoms with Crippen LogP contribution in [0.4, 0.5) is 11.4 Å². The van der Waals surface area contributed by atoms with Gasteiger partial charge in [-0.2, -0.15) is 0 Å². The minimum atomic E-state index is -3.85. The van der Waals surface area contributed by atoms with E-state index in [1.807, 2.05) is 0 Å². The van der Waals surface area contributed by atoms with Crippen molar-refractivity contribution in [2.24, 2.45) is 5.14 Å². The van der Waals surface area contributed by atoms with Crippen molar-refractivity contribution in [1.29, 1.82) is 0 Å². The Hall–Kier alpha value is -2.41. The average Bonchev–Trinajstić information content (AvgIpc) is 2.87. The second-order valence-electron chi connectivity index (χ2n) is 6.98. The number of fused-ring (bicyclic) bond motifs is 1. The summed E-state index contributed by atoms with van der Waals surface area (Å²) >= 11 is 1.47. The van der Waals surface area contributed by atoms with Gasteiger partial charge in [0.1, 0.15) is 0 Å². The monoisotopic (exact) mass is 483 g/mol. The first kappa shape index (κ1) is 23.3. The number of nitrogens with two attached hydrogens (primary N) is 1. The number of amides is 2. The fourth-order valence-corrected chi connectivity index (χ4v) is 5.75. The highest BCUT2D eigenvalue weighted by Crippen LogP contribution is 2.33. The molecule has 1 heterocycles. The molecule has 4 N–H and O–H groups in total. The molecule has 0 aliphatic carbocycles. The number of thioether (sulfide) groups is 1. The molecule has 0 saturated heterocycles. The van der Waals surface area contributed by atoms with E-state index in [1.54, 1.807) is 6.07 Å². The first-order valence-corrected chi connectivity index (χ1v) is 13.3. The molecule has 2 aromatic rings. The van der Waals surface area contributed by atoms with Crippen molar-refractivity contribution in [1.82, 2.24) is 0 Å². The number of anilines is 2. The maximum Gasteiger partial charge on any atom is 0.238 e. The van der Waals surface area contributed by atoms with Gasteiger partial charge in [-0.25, -0.2) is 22.0 Å². The van der Waals surface area contributed by atoms with Crippen LogP contribution < -0.4 is 15.8 Å². The Morgan fingerprint density at radius 2 is 1.77 bits per heavy atom. The Kier molecular flexibility index (Phi) is 6.74. The number of benzene rings is 2. The summed E-state index contributed by atoms with van der Waals surface area (Å²) in [6.07, 6.45) is 0.0354. The summed E-state index contributed by atoms with van der Waals surface area (Å²) in [7, 11) is -7.68. The van der Waals surface area contributed by atoms with Crippen LogP contribution in [0.3, 0.4) is 0 Å². The van der Waals surface area contributed by atoms with Crippen molar-refractivity contribution in [3.63, 3.8) is 0 Å². The van der Waals surface area contributed by atoms with Gasteiger partial charge in [0.2, 0.25) is 21.8 Å². The maximum atomic E-state index is 12.9. The lowest BCUT2D eigenvalue weighted by Crippen LogP contribution is -2.25. The standard InChI is InChI=1S/C19H21N3O6S3/c1-12(10-19(24)21-13-2-4-14(5-3-13)31(20,27)28)30(25,26)15-6-7-17-16(11-15)22-18(23)8-9-29-17/h2-7,11-12H,8-10H2,1H3,(H,21,24)(H,22,23)(H2,20,27,28). The van der Waals surface area contributed by atoms with Crippen LogP contribution in [0.25, 0.3) is 0 Å². The molecule has 3 rings (SSSR count). The van der Waals surface area contributed by atoms with E-state index < -0.39 is 31.0 Å². The molecule has 2 aromatic carbocycles. The largest absolute Gasteiger partial charge is 0.326 e. The Morgan fingerprint density at radius 1 is 1.13 bits per heavy atom. The van der Waals surface area contributed by atoms with Gasteiger partial charge in [-0.3, -0.25) is 9.59 Å². The Labute approximate surface area is 184 Å². The van der Waals surface area contributed by atoms with Crippen LogP contribution >= 0.6 is 11.8 Å². The third-order valence-electron chi connectivity index (χ3n) is 4.61. The molecule has 0 spiro atoms. The van der Waals surface area contributed by atoms with E-state index in [-0.39, 0.29) is 22.1 Å². The first-order valence-electron chi connectivity index (χ1n) is 9.20. The first-order chi connectivity index (χ1) is 14.5. The summed E-state index contributed by atoms with van der Waals surface area (Å²) < 4.78 is 48.5. The molecule has 12 heteroatoms. The zero-order chi connectivity index (χ0) is 22.8. The number of sulfonamides is 1. The number of carbonyl (C=O) groups excluding carboxylic acids is 2. The summed E-state index contributed by atoms with van der Waals surface area (Å²) in [4.78, 5) is 24.8. The fourth-order valence-electron chi connectivity index (χ4n) is 2.92. The summed E-state index contributed by atoms with van der Waals surface area (Å²) in [5.74, 6) is -0.112. The molecule has 0 saturated carbocycles. The fraction of sp³-hybridized carbons (Fsp3) is 0.263. The number of rotatable bonds is 6. The van der Waals surface area contributed by atoms with Crippen molar-refractivity contribution < 1.29 is 26.4 Å². The van der Waals surface area contributed by atoms with Crippen molar-refractivity contribution >= 4 is 54.8 Å². The summed E-state index contributed by atoms with van der Waals surface area (Å²) in [6.45, 7) is 1.43. The third-order valence-corrected chi connectivity index (χ3v) is 8.75. The lowest BCUT2D eigenvalue weighted by Gasteiger charge is -2.15. The molecule has 0 bridgehead atoms. The predicted molar refractivity (Wildman–Crippen MR) is 118 cm³/mol. The van der Waals surface area contributed by atoms with Crippen molar-refractivity contribution in [3.05, 3.63) is 42.5 Å². The number of carbonyl (C=O) groups is 2. The quantitative estimate of drug-likeness (QED) is 0.568. The van der Waals surface area contributed by atoms with Crippen molar-refractivity contribution in [2.75, 3.05) is 16.4 Å². The number of sulfone groups is 1. The smallest absolute Gasteiger partial charge is 0.238 e. The highest BCUT2D eigenvalue weighted by molar-refractivity contribution is 7.99. The maximum absolute atomic E-state index is 12.9. The van der Waals surface area contributed by atoms with Crippen LogP contribution in [-0.2, 0) is 29.4 Å². The molecular formula is C19H21N3O6S3. The minimum absolute atomic E-state index is 0.0202. The normalized spacial score (nSPS) is 15.4. The molecule has 1 aliphatic heterocycles. The van der Waals surface area contributed by atoms with E-state index in [0.29, 0.717) is 23.5 Å². The molecule has 1 aliphatic rings. The molecule has 0 fully saturated rings. The zero-order valence-corrected chi connectivity index (χ0v) is 18.9. The number of primary sulfonamides is 1. The van der Waals surface area contributed by atoms with Crippen molar-refractivity contribution in [3.8, 4) is 0 Å². The molecule has 166 valence electrons. The molecular weight excluding hydrogens is 462 g/mol. The third kappa shape index (κ3) is 5.64. The molecule has 1 unspecified atom stereocenters. The SMILES string of the molecule is CC(CC(=O)Nc1ccc(S(N)(=O)=O)cc1)S(=O)(=O)c1ccc2c(c1)NC(=O)CCS2. The van der Waals surface area contributed by atoms with Gasteiger partial charge in [0, 0.05) is 29.2 Å². The Morgan fingerprint density at radius 3 is 2.42 bits per heavy atom. The van der Waals surface area contributed by atoms with Crippen LogP contribution in [0.1, 0.15) is 19.8 Å². The van der Waals surface area contributed by atoms with E-state index in [1.165, 1.54) is 55.1 Å². The Bertz CT molecular complexity index is 1230. The summed E-state index contributed by atoms with van der Waals surface area (Å²) in [6, 6.07) is 9.76. The lowest BCUT2D eigenvalue weighted by molar-refractivity contribution is -0.116. The number of hydrogen-bond donors (Lipinski definition) is 3. The topological polar surface area (TPSA) is 152 Å². The number of nitrogens with one attached hydrogen (secondary N) is 2. The second-order valence-corrected chi connectivity index (χ2v) is 12.0. The van der Waals surface area contributed by atoms with E-state index >= 15 is 0 Å². The van der Waals surface area contributed by atoms with Gasteiger partial charge in [0.15, 0.2) is 9.84 Å². The molecule has 2 amide bonds. The predicted octanol–water partition coefficient (Wildman–Crippen LogP) is 1.96. The van der Waals surface area contributed by atoms with Crippen LogP contribution in [0, 0.1) is 0 Å². The minimum Gasteiger partial charge on any atom is -0.326 e.